The second-order valence-corrected chi connectivity index (χ2v) is 4.82. The highest BCUT2D eigenvalue weighted by Gasteiger charge is 2.20. The average molecular weight is 240 g/mol. The van der Waals surface area contributed by atoms with Gasteiger partial charge in [-0.15, -0.1) is 0 Å². The molecule has 0 saturated carbocycles. The third kappa shape index (κ3) is 2.66. The lowest BCUT2D eigenvalue weighted by atomic mass is 10.0. The number of fused-ring (bicyclic) bond motifs is 1. The molecule has 0 heterocycles. The van der Waals surface area contributed by atoms with Gasteiger partial charge >= 0.3 is 0 Å². The van der Waals surface area contributed by atoms with Crippen molar-refractivity contribution in [3.8, 4) is 0 Å². The maximum atomic E-state index is 11.6. The van der Waals surface area contributed by atoms with Crippen LogP contribution in [0.3, 0.4) is 0 Å². The zero-order valence-corrected chi connectivity index (χ0v) is 10.6. The van der Waals surface area contributed by atoms with Crippen LogP contribution in [0.5, 0.6) is 0 Å². The van der Waals surface area contributed by atoms with E-state index in [0.717, 1.165) is 16.3 Å². The zero-order chi connectivity index (χ0) is 13.2. The van der Waals surface area contributed by atoms with E-state index < -0.39 is 5.60 Å². The lowest BCUT2D eigenvalue weighted by molar-refractivity contribution is -0.128. The lowest BCUT2D eigenvalue weighted by Gasteiger charge is -2.12. The molecule has 0 unspecified atom stereocenters. The minimum Gasteiger partial charge on any atom is -0.382 e. The van der Waals surface area contributed by atoms with Crippen molar-refractivity contribution in [3.05, 3.63) is 54.1 Å². The number of hydrogen-bond donors (Lipinski definition) is 1. The van der Waals surface area contributed by atoms with Crippen LogP contribution in [0.25, 0.3) is 16.8 Å². The first-order valence-electron chi connectivity index (χ1n) is 5.91. The van der Waals surface area contributed by atoms with Gasteiger partial charge in [-0.2, -0.15) is 0 Å². The maximum absolute atomic E-state index is 11.6. The number of hydrogen-bond acceptors (Lipinski definition) is 2. The number of carbonyl (C=O) groups excluding carboxylic acids is 1. The van der Waals surface area contributed by atoms with E-state index in [1.54, 1.807) is 6.08 Å². The van der Waals surface area contributed by atoms with E-state index in [9.17, 15) is 9.90 Å². The molecule has 2 nitrogen and oxygen atoms in total. The molecule has 0 saturated heterocycles. The molecule has 0 aliphatic heterocycles. The minimum absolute atomic E-state index is 0.296. The Hall–Kier alpha value is -1.93. The molecule has 0 bridgehead atoms. The van der Waals surface area contributed by atoms with Crippen molar-refractivity contribution in [2.24, 2.45) is 0 Å². The molecule has 2 heteroatoms. The van der Waals surface area contributed by atoms with Crippen LogP contribution in [0.1, 0.15) is 19.4 Å². The smallest absolute Gasteiger partial charge is 0.186 e. The summed E-state index contributed by atoms with van der Waals surface area (Å²) in [5, 5.41) is 11.8. The van der Waals surface area contributed by atoms with Gasteiger partial charge in [-0.25, -0.2) is 0 Å². The molecule has 2 aromatic carbocycles. The topological polar surface area (TPSA) is 37.3 Å². The Kier molecular flexibility index (Phi) is 3.30. The first-order chi connectivity index (χ1) is 8.48. The zero-order valence-electron chi connectivity index (χ0n) is 10.6. The van der Waals surface area contributed by atoms with Crippen LogP contribution in [0.2, 0.25) is 0 Å². The highest BCUT2D eigenvalue weighted by molar-refractivity contribution is 6.01. The number of aliphatic hydroxyl groups is 1. The molecule has 0 aliphatic rings. The number of carbonyl (C=O) groups is 1. The monoisotopic (exact) mass is 240 g/mol. The van der Waals surface area contributed by atoms with Crippen molar-refractivity contribution in [3.63, 3.8) is 0 Å². The van der Waals surface area contributed by atoms with Crippen LogP contribution in [-0.2, 0) is 4.79 Å². The number of rotatable bonds is 3. The summed E-state index contributed by atoms with van der Waals surface area (Å²) in [4.78, 5) is 11.6. The molecule has 0 amide bonds. The van der Waals surface area contributed by atoms with Gasteiger partial charge in [0.1, 0.15) is 5.60 Å². The molecular weight excluding hydrogens is 224 g/mol. The quantitative estimate of drug-likeness (QED) is 0.836. The van der Waals surface area contributed by atoms with Gasteiger partial charge in [-0.1, -0.05) is 48.5 Å². The molecule has 0 aromatic heterocycles. The first kappa shape index (κ1) is 12.5. The Morgan fingerprint density at radius 2 is 1.78 bits per heavy atom. The van der Waals surface area contributed by atoms with E-state index in [-0.39, 0.29) is 5.78 Å². The normalized spacial score (nSPS) is 12.2. The highest BCUT2D eigenvalue weighted by atomic mass is 16.3. The van der Waals surface area contributed by atoms with E-state index in [4.69, 9.17) is 0 Å². The third-order valence-electron chi connectivity index (χ3n) is 2.84. The molecule has 2 rings (SSSR count). The minimum atomic E-state index is -1.32. The highest BCUT2D eigenvalue weighted by Crippen LogP contribution is 2.20. The van der Waals surface area contributed by atoms with Crippen molar-refractivity contribution in [1.82, 2.24) is 0 Å². The fourth-order valence-electron chi connectivity index (χ4n) is 1.77. The molecule has 1 N–H and O–H groups in total. The van der Waals surface area contributed by atoms with Gasteiger partial charge in [-0.3, -0.25) is 4.79 Å². The SMILES string of the molecule is CC(C)(O)C(=O)/C=C/c1cccc2ccccc12. The van der Waals surface area contributed by atoms with Gasteiger partial charge < -0.3 is 5.11 Å². The van der Waals surface area contributed by atoms with E-state index in [1.165, 1.54) is 19.9 Å². The molecule has 2 aromatic rings. The van der Waals surface area contributed by atoms with Crippen LogP contribution in [0, 0.1) is 0 Å². The van der Waals surface area contributed by atoms with Crippen molar-refractivity contribution < 1.29 is 9.90 Å². The second-order valence-electron chi connectivity index (χ2n) is 4.82. The van der Waals surface area contributed by atoms with Crippen molar-refractivity contribution in [1.29, 1.82) is 0 Å². The summed E-state index contributed by atoms with van der Waals surface area (Å²) in [6, 6.07) is 13.9. The lowest BCUT2D eigenvalue weighted by Crippen LogP contribution is -2.29. The molecule has 0 fully saturated rings. The van der Waals surface area contributed by atoms with Crippen molar-refractivity contribution in [2.45, 2.75) is 19.4 Å². The van der Waals surface area contributed by atoms with Crippen LogP contribution < -0.4 is 0 Å². The predicted molar refractivity (Wildman–Crippen MR) is 74.3 cm³/mol. The molecule has 92 valence electrons. The van der Waals surface area contributed by atoms with Crippen molar-refractivity contribution >= 4 is 22.6 Å². The van der Waals surface area contributed by atoms with Crippen LogP contribution >= 0.6 is 0 Å². The summed E-state index contributed by atoms with van der Waals surface area (Å²) < 4.78 is 0. The summed E-state index contributed by atoms with van der Waals surface area (Å²) >= 11 is 0. The van der Waals surface area contributed by atoms with Crippen molar-refractivity contribution in [2.75, 3.05) is 0 Å². The summed E-state index contributed by atoms with van der Waals surface area (Å²) in [6.07, 6.45) is 3.18. The Balaban J connectivity index is 2.38. The summed E-state index contributed by atoms with van der Waals surface area (Å²) in [7, 11) is 0. The Bertz CT molecular complexity index is 599. The fraction of sp³-hybridized carbons (Fsp3) is 0.188. The first-order valence-corrected chi connectivity index (χ1v) is 5.91. The van der Waals surface area contributed by atoms with Crippen LogP contribution in [0.15, 0.2) is 48.5 Å². The number of benzene rings is 2. The van der Waals surface area contributed by atoms with E-state index >= 15 is 0 Å². The third-order valence-corrected chi connectivity index (χ3v) is 2.84. The van der Waals surface area contributed by atoms with Gasteiger partial charge in [0.2, 0.25) is 0 Å². The van der Waals surface area contributed by atoms with E-state index in [2.05, 4.69) is 0 Å². The molecule has 18 heavy (non-hydrogen) atoms. The van der Waals surface area contributed by atoms with Gasteiger partial charge in [-0.05, 0) is 36.3 Å². The Morgan fingerprint density at radius 3 is 2.50 bits per heavy atom. The average Bonchev–Trinajstić information content (AvgIpc) is 2.34. The summed E-state index contributed by atoms with van der Waals surface area (Å²) in [6.45, 7) is 2.98. The van der Waals surface area contributed by atoms with Crippen LogP contribution in [-0.4, -0.2) is 16.5 Å². The van der Waals surface area contributed by atoms with Gasteiger partial charge in [0, 0.05) is 0 Å². The van der Waals surface area contributed by atoms with E-state index in [1.807, 2.05) is 42.5 Å². The standard InChI is InChI=1S/C16H16O2/c1-16(2,18)15(17)11-10-13-8-5-7-12-6-3-4-9-14(12)13/h3-11,18H,1-2H3/b11-10+. The Labute approximate surface area is 107 Å². The predicted octanol–water partition coefficient (Wildman–Crippen LogP) is 3.19. The molecule has 0 radical (unpaired) electrons. The fourth-order valence-corrected chi connectivity index (χ4v) is 1.77. The Morgan fingerprint density at radius 1 is 1.11 bits per heavy atom. The van der Waals surface area contributed by atoms with Gasteiger partial charge in [0.25, 0.3) is 0 Å². The van der Waals surface area contributed by atoms with Gasteiger partial charge in [0.15, 0.2) is 5.78 Å². The van der Waals surface area contributed by atoms with Crippen LogP contribution in [0.4, 0.5) is 0 Å². The van der Waals surface area contributed by atoms with Gasteiger partial charge in [0.05, 0.1) is 0 Å². The second kappa shape index (κ2) is 4.75. The molecular formula is C16H16O2. The molecule has 0 atom stereocenters. The largest absolute Gasteiger partial charge is 0.382 e. The number of ketones is 1. The molecule has 0 spiro atoms. The summed E-state index contributed by atoms with van der Waals surface area (Å²) in [5.41, 5.74) is -0.341. The summed E-state index contributed by atoms with van der Waals surface area (Å²) in [5.74, 6) is -0.296. The molecule has 0 aliphatic carbocycles. The van der Waals surface area contributed by atoms with E-state index in [0.29, 0.717) is 0 Å². The maximum Gasteiger partial charge on any atom is 0.186 e.